The van der Waals surface area contributed by atoms with Gasteiger partial charge < -0.3 is 10.0 Å². The Morgan fingerprint density at radius 1 is 1.39 bits per heavy atom. The molecule has 18 heavy (non-hydrogen) atoms. The summed E-state index contributed by atoms with van der Waals surface area (Å²) in [6, 6.07) is 6.81. The third-order valence-corrected chi connectivity index (χ3v) is 2.72. The maximum Gasteiger partial charge on any atom is 0.356 e. The fraction of sp³-hybridized carbons (Fsp3) is 0.0833. The molecule has 0 fully saturated rings. The van der Waals surface area contributed by atoms with Gasteiger partial charge >= 0.3 is 5.97 Å². The summed E-state index contributed by atoms with van der Waals surface area (Å²) in [5.41, 5.74) is 0.647. The van der Waals surface area contributed by atoms with E-state index in [-0.39, 0.29) is 10.7 Å². The van der Waals surface area contributed by atoms with E-state index in [0.29, 0.717) is 5.82 Å². The highest BCUT2D eigenvalue weighted by Gasteiger charge is 2.14. The summed E-state index contributed by atoms with van der Waals surface area (Å²) in [4.78, 5) is 20.7. The predicted molar refractivity (Wildman–Crippen MR) is 68.5 cm³/mol. The van der Waals surface area contributed by atoms with E-state index in [4.69, 9.17) is 16.7 Å². The number of anilines is 2. The molecule has 0 radical (unpaired) electrons. The van der Waals surface area contributed by atoms with Crippen molar-refractivity contribution >= 4 is 29.1 Å². The highest BCUT2D eigenvalue weighted by Crippen LogP contribution is 2.23. The third-order valence-electron chi connectivity index (χ3n) is 2.41. The molecule has 0 bridgehead atoms. The molecule has 0 saturated heterocycles. The minimum absolute atomic E-state index is 0.117. The average Bonchev–Trinajstić information content (AvgIpc) is 2.39. The normalized spacial score (nSPS) is 10.1. The van der Waals surface area contributed by atoms with Crippen molar-refractivity contribution in [2.45, 2.75) is 0 Å². The molecule has 2 rings (SSSR count). The number of hydrogen-bond donors (Lipinski definition) is 1. The van der Waals surface area contributed by atoms with Crippen molar-refractivity contribution in [3.63, 3.8) is 0 Å². The molecule has 6 heteroatoms. The number of carboxylic acids is 1. The van der Waals surface area contributed by atoms with E-state index < -0.39 is 5.97 Å². The number of nitrogens with zero attached hydrogens (tertiary/aromatic N) is 3. The SMILES string of the molecule is CN(c1cccnc1)c1ccc(Cl)c(C(=O)O)n1. The molecule has 5 nitrogen and oxygen atoms in total. The predicted octanol–water partition coefficient (Wildman–Crippen LogP) is 2.60. The first-order valence-electron chi connectivity index (χ1n) is 5.13. The number of pyridine rings is 2. The van der Waals surface area contributed by atoms with Crippen LogP contribution in [0.15, 0.2) is 36.7 Å². The maximum absolute atomic E-state index is 11.0. The van der Waals surface area contributed by atoms with E-state index in [2.05, 4.69) is 9.97 Å². The van der Waals surface area contributed by atoms with Crippen molar-refractivity contribution in [2.24, 2.45) is 0 Å². The van der Waals surface area contributed by atoms with Gasteiger partial charge in [0.15, 0.2) is 5.69 Å². The standard InChI is InChI=1S/C12H10ClN3O2/c1-16(8-3-2-6-14-7-8)10-5-4-9(13)11(15-10)12(17)18/h2-7H,1H3,(H,17,18). The Labute approximate surface area is 109 Å². The minimum atomic E-state index is -1.15. The molecular formula is C12H10ClN3O2. The van der Waals surface area contributed by atoms with Gasteiger partial charge in [-0.2, -0.15) is 0 Å². The van der Waals surface area contributed by atoms with E-state index in [9.17, 15) is 4.79 Å². The molecule has 0 aliphatic heterocycles. The molecule has 0 saturated carbocycles. The second-order valence-corrected chi connectivity index (χ2v) is 3.98. The lowest BCUT2D eigenvalue weighted by molar-refractivity contribution is 0.0691. The number of halogens is 1. The Balaban J connectivity index is 2.40. The lowest BCUT2D eigenvalue weighted by Gasteiger charge is -2.18. The van der Waals surface area contributed by atoms with Crippen LogP contribution in [0.25, 0.3) is 0 Å². The summed E-state index contributed by atoms with van der Waals surface area (Å²) in [6.07, 6.45) is 3.33. The maximum atomic E-state index is 11.0. The van der Waals surface area contributed by atoms with Crippen LogP contribution in [0.5, 0.6) is 0 Å². The molecule has 0 amide bonds. The van der Waals surface area contributed by atoms with E-state index in [1.807, 2.05) is 6.07 Å². The number of carboxylic acid groups (broad SMARTS) is 1. The molecule has 2 aromatic heterocycles. The number of aromatic carboxylic acids is 1. The van der Waals surface area contributed by atoms with Crippen molar-refractivity contribution in [2.75, 3.05) is 11.9 Å². The first-order chi connectivity index (χ1) is 8.59. The van der Waals surface area contributed by atoms with E-state index in [1.165, 1.54) is 6.07 Å². The van der Waals surface area contributed by atoms with Gasteiger partial charge in [0.2, 0.25) is 0 Å². The molecule has 0 atom stereocenters. The molecule has 0 aromatic carbocycles. The topological polar surface area (TPSA) is 66.3 Å². The monoisotopic (exact) mass is 263 g/mol. The Hall–Kier alpha value is -2.14. The Kier molecular flexibility index (Phi) is 3.43. The number of carbonyl (C=O) groups is 1. The van der Waals surface area contributed by atoms with Crippen molar-refractivity contribution in [3.8, 4) is 0 Å². The van der Waals surface area contributed by atoms with Crippen LogP contribution in [-0.4, -0.2) is 28.1 Å². The number of aromatic nitrogens is 2. The molecule has 0 aliphatic carbocycles. The molecule has 0 aliphatic rings. The first kappa shape index (κ1) is 12.3. The van der Waals surface area contributed by atoms with Gasteiger partial charge in [-0.1, -0.05) is 11.6 Å². The lowest BCUT2D eigenvalue weighted by atomic mass is 10.3. The highest BCUT2D eigenvalue weighted by molar-refractivity contribution is 6.33. The van der Waals surface area contributed by atoms with Gasteiger partial charge in [0.1, 0.15) is 5.82 Å². The van der Waals surface area contributed by atoms with Gasteiger partial charge in [0.25, 0.3) is 0 Å². The van der Waals surface area contributed by atoms with Gasteiger partial charge in [-0.05, 0) is 24.3 Å². The quantitative estimate of drug-likeness (QED) is 0.922. The van der Waals surface area contributed by atoms with Gasteiger partial charge in [-0.3, -0.25) is 4.98 Å². The van der Waals surface area contributed by atoms with Gasteiger partial charge in [-0.25, -0.2) is 9.78 Å². The summed E-state index contributed by atoms with van der Waals surface area (Å²) in [5, 5.41) is 9.08. The molecule has 2 heterocycles. The molecular weight excluding hydrogens is 254 g/mol. The first-order valence-corrected chi connectivity index (χ1v) is 5.51. The molecule has 2 aromatic rings. The van der Waals surface area contributed by atoms with Crippen LogP contribution in [0.2, 0.25) is 5.02 Å². The number of hydrogen-bond acceptors (Lipinski definition) is 4. The summed E-state index contributed by atoms with van der Waals surface area (Å²) in [6.45, 7) is 0. The van der Waals surface area contributed by atoms with Crippen LogP contribution >= 0.6 is 11.6 Å². The fourth-order valence-electron chi connectivity index (χ4n) is 1.45. The smallest absolute Gasteiger partial charge is 0.356 e. The van der Waals surface area contributed by atoms with Gasteiger partial charge in [0, 0.05) is 13.2 Å². The summed E-state index contributed by atoms with van der Waals surface area (Å²) in [7, 11) is 1.78. The van der Waals surface area contributed by atoms with Gasteiger partial charge in [0.05, 0.1) is 16.9 Å². The summed E-state index contributed by atoms with van der Waals surface area (Å²) >= 11 is 5.77. The van der Waals surface area contributed by atoms with Crippen LogP contribution < -0.4 is 4.90 Å². The second-order valence-electron chi connectivity index (χ2n) is 3.58. The number of rotatable bonds is 3. The van der Waals surface area contributed by atoms with Crippen LogP contribution in [-0.2, 0) is 0 Å². The van der Waals surface area contributed by atoms with Crippen LogP contribution in [0.3, 0.4) is 0 Å². The summed E-state index contributed by atoms with van der Waals surface area (Å²) in [5.74, 6) is -0.661. The van der Waals surface area contributed by atoms with E-state index >= 15 is 0 Å². The van der Waals surface area contributed by atoms with Crippen molar-refractivity contribution < 1.29 is 9.90 Å². The average molecular weight is 264 g/mol. The van der Waals surface area contributed by atoms with Crippen LogP contribution in [0, 0.1) is 0 Å². The highest BCUT2D eigenvalue weighted by atomic mass is 35.5. The Bertz CT molecular complexity index is 575. The van der Waals surface area contributed by atoms with Crippen molar-refractivity contribution in [1.82, 2.24) is 9.97 Å². The largest absolute Gasteiger partial charge is 0.476 e. The zero-order valence-corrected chi connectivity index (χ0v) is 10.3. The second kappa shape index (κ2) is 5.01. The Morgan fingerprint density at radius 2 is 2.17 bits per heavy atom. The molecule has 0 spiro atoms. The van der Waals surface area contributed by atoms with Crippen molar-refractivity contribution in [1.29, 1.82) is 0 Å². The summed E-state index contributed by atoms with van der Waals surface area (Å²) < 4.78 is 0. The zero-order valence-electron chi connectivity index (χ0n) is 9.54. The third kappa shape index (κ3) is 2.41. The fourth-order valence-corrected chi connectivity index (χ4v) is 1.64. The van der Waals surface area contributed by atoms with E-state index in [0.717, 1.165) is 5.69 Å². The molecule has 92 valence electrons. The minimum Gasteiger partial charge on any atom is -0.476 e. The lowest BCUT2D eigenvalue weighted by Crippen LogP contribution is -2.13. The van der Waals surface area contributed by atoms with Crippen LogP contribution in [0.1, 0.15) is 10.5 Å². The Morgan fingerprint density at radius 3 is 2.78 bits per heavy atom. The molecule has 0 unspecified atom stereocenters. The van der Waals surface area contributed by atoms with Crippen LogP contribution in [0.4, 0.5) is 11.5 Å². The van der Waals surface area contributed by atoms with E-state index in [1.54, 1.807) is 36.5 Å². The van der Waals surface area contributed by atoms with Gasteiger partial charge in [-0.15, -0.1) is 0 Å². The van der Waals surface area contributed by atoms with Crippen molar-refractivity contribution in [3.05, 3.63) is 47.4 Å². The zero-order chi connectivity index (χ0) is 13.1. The molecule has 1 N–H and O–H groups in total.